The topological polar surface area (TPSA) is 26.0 Å². The Morgan fingerprint density at radius 1 is 1.00 bits per heavy atom. The van der Waals surface area contributed by atoms with Crippen molar-refractivity contribution in [3.8, 4) is 0 Å². The van der Waals surface area contributed by atoms with Gasteiger partial charge in [-0.05, 0) is 22.0 Å². The monoisotopic (exact) mass is 391 g/mol. The summed E-state index contributed by atoms with van der Waals surface area (Å²) in [6, 6.07) is -0.229. The summed E-state index contributed by atoms with van der Waals surface area (Å²) in [4.78, 5) is 0.157. The fourth-order valence-corrected chi connectivity index (χ4v) is 3.31. The van der Waals surface area contributed by atoms with E-state index in [4.69, 9.17) is 17.3 Å². The molecule has 2 aromatic rings. The maximum atomic E-state index is 13.6. The number of thiophene rings is 1. The molecular weight excluding hydrogens is 389 g/mol. The quantitative estimate of drug-likeness (QED) is 0.439. The summed E-state index contributed by atoms with van der Waals surface area (Å²) in [5, 5.41) is 0.226. The number of rotatable bonds is 2. The Hall–Kier alpha value is -0.700. The van der Waals surface area contributed by atoms with E-state index in [9.17, 15) is 22.0 Å². The van der Waals surface area contributed by atoms with E-state index in [0.29, 0.717) is 3.79 Å². The Balaban J connectivity index is 2.63. The van der Waals surface area contributed by atoms with Crippen LogP contribution in [0.1, 0.15) is 16.5 Å². The molecule has 1 nitrogen and oxygen atoms in total. The zero-order valence-corrected chi connectivity index (χ0v) is 12.4. The average molecular weight is 393 g/mol. The molecule has 2 rings (SSSR count). The lowest BCUT2D eigenvalue weighted by Crippen LogP contribution is -2.18. The molecule has 0 amide bonds. The average Bonchev–Trinajstić information content (AvgIpc) is 2.74. The smallest absolute Gasteiger partial charge is 0.200 e. The summed E-state index contributed by atoms with van der Waals surface area (Å²) in [5.41, 5.74) is 4.49. The van der Waals surface area contributed by atoms with Gasteiger partial charge in [-0.25, -0.2) is 22.0 Å². The van der Waals surface area contributed by atoms with Gasteiger partial charge in [0.2, 0.25) is 5.82 Å². The van der Waals surface area contributed by atoms with Crippen LogP contribution in [0.2, 0.25) is 5.02 Å². The van der Waals surface area contributed by atoms with Gasteiger partial charge in [0.25, 0.3) is 0 Å². The molecule has 1 atom stereocenters. The SMILES string of the molecule is NC(c1cc(Cl)c(Br)s1)c1c(F)c(F)c(F)c(F)c1F. The van der Waals surface area contributed by atoms with Crippen LogP contribution in [0.25, 0.3) is 0 Å². The van der Waals surface area contributed by atoms with Gasteiger partial charge >= 0.3 is 0 Å². The number of hydrogen-bond acceptors (Lipinski definition) is 2. The van der Waals surface area contributed by atoms with Crippen molar-refractivity contribution in [2.45, 2.75) is 6.04 Å². The molecule has 9 heteroatoms. The highest BCUT2D eigenvalue weighted by atomic mass is 79.9. The van der Waals surface area contributed by atoms with Gasteiger partial charge in [0.05, 0.1) is 20.4 Å². The predicted molar refractivity (Wildman–Crippen MR) is 69.3 cm³/mol. The molecule has 0 aliphatic rings. The normalized spacial score (nSPS) is 12.8. The van der Waals surface area contributed by atoms with Crippen molar-refractivity contribution in [3.63, 3.8) is 0 Å². The molecule has 1 aromatic heterocycles. The van der Waals surface area contributed by atoms with Crippen LogP contribution in [-0.4, -0.2) is 0 Å². The first-order chi connectivity index (χ1) is 9.25. The van der Waals surface area contributed by atoms with E-state index in [-0.39, 0.29) is 9.90 Å². The lowest BCUT2D eigenvalue weighted by molar-refractivity contribution is 0.367. The Bertz CT molecular complexity index is 641. The van der Waals surface area contributed by atoms with Crippen LogP contribution in [0.4, 0.5) is 22.0 Å². The lowest BCUT2D eigenvalue weighted by atomic mass is 10.0. The van der Waals surface area contributed by atoms with E-state index >= 15 is 0 Å². The molecule has 1 unspecified atom stereocenters. The van der Waals surface area contributed by atoms with Crippen molar-refractivity contribution in [1.82, 2.24) is 0 Å². The van der Waals surface area contributed by atoms with Crippen molar-refractivity contribution in [2.24, 2.45) is 5.73 Å². The van der Waals surface area contributed by atoms with Crippen LogP contribution in [0.5, 0.6) is 0 Å². The molecular formula is C11H4BrClF5NS. The minimum atomic E-state index is -2.22. The van der Waals surface area contributed by atoms with Gasteiger partial charge in [0.1, 0.15) is 0 Å². The van der Waals surface area contributed by atoms with E-state index in [1.807, 2.05) is 0 Å². The first kappa shape index (κ1) is 15.7. The minimum absolute atomic E-state index is 0.157. The molecule has 108 valence electrons. The van der Waals surface area contributed by atoms with Crippen LogP contribution in [0.3, 0.4) is 0 Å². The van der Waals surface area contributed by atoms with Gasteiger partial charge in [0.15, 0.2) is 23.3 Å². The molecule has 2 N–H and O–H groups in total. The van der Waals surface area contributed by atoms with E-state index in [1.54, 1.807) is 0 Å². The molecule has 20 heavy (non-hydrogen) atoms. The maximum Gasteiger partial charge on any atom is 0.200 e. The first-order valence-electron chi connectivity index (χ1n) is 4.97. The molecule has 0 aliphatic heterocycles. The molecule has 0 aliphatic carbocycles. The highest BCUT2D eigenvalue weighted by molar-refractivity contribution is 9.11. The second-order valence-corrected chi connectivity index (χ2v) is 6.54. The van der Waals surface area contributed by atoms with Gasteiger partial charge in [-0.3, -0.25) is 0 Å². The summed E-state index contributed by atoms with van der Waals surface area (Å²) in [7, 11) is 0. The predicted octanol–water partition coefficient (Wildman–Crippen LogP) is 4.91. The van der Waals surface area contributed by atoms with Crippen molar-refractivity contribution in [1.29, 1.82) is 0 Å². The number of halogens is 7. The highest BCUT2D eigenvalue weighted by Gasteiger charge is 2.30. The molecule has 0 saturated carbocycles. The van der Waals surface area contributed by atoms with Gasteiger partial charge in [-0.2, -0.15) is 0 Å². The zero-order valence-electron chi connectivity index (χ0n) is 9.29. The maximum absolute atomic E-state index is 13.6. The Morgan fingerprint density at radius 3 is 1.85 bits per heavy atom. The van der Waals surface area contributed by atoms with Crippen molar-refractivity contribution >= 4 is 38.9 Å². The minimum Gasteiger partial charge on any atom is -0.319 e. The Kier molecular flexibility index (Phi) is 4.38. The molecule has 0 fully saturated rings. The summed E-state index contributed by atoms with van der Waals surface area (Å²) >= 11 is 9.75. The van der Waals surface area contributed by atoms with Crippen LogP contribution >= 0.6 is 38.9 Å². The summed E-state index contributed by atoms with van der Waals surface area (Å²) in [6.45, 7) is 0. The third kappa shape index (κ3) is 2.45. The fourth-order valence-electron chi connectivity index (χ4n) is 1.55. The van der Waals surface area contributed by atoms with Gasteiger partial charge in [-0.1, -0.05) is 11.6 Å². The van der Waals surface area contributed by atoms with Crippen molar-refractivity contribution in [2.75, 3.05) is 0 Å². The highest BCUT2D eigenvalue weighted by Crippen LogP contribution is 2.38. The lowest BCUT2D eigenvalue weighted by Gasteiger charge is -2.13. The largest absolute Gasteiger partial charge is 0.319 e. The van der Waals surface area contributed by atoms with Crippen LogP contribution in [0.15, 0.2) is 9.85 Å². The van der Waals surface area contributed by atoms with E-state index in [0.717, 1.165) is 11.3 Å². The Morgan fingerprint density at radius 2 is 1.45 bits per heavy atom. The molecule has 0 spiro atoms. The number of hydrogen-bond donors (Lipinski definition) is 1. The molecule has 0 saturated heterocycles. The summed E-state index contributed by atoms with van der Waals surface area (Å²) in [5.74, 6) is -10.2. The first-order valence-corrected chi connectivity index (χ1v) is 6.96. The van der Waals surface area contributed by atoms with Gasteiger partial charge in [0, 0.05) is 4.88 Å². The summed E-state index contributed by atoms with van der Waals surface area (Å²) in [6.07, 6.45) is 0. The third-order valence-electron chi connectivity index (χ3n) is 2.53. The fraction of sp³-hybridized carbons (Fsp3) is 0.0909. The third-order valence-corrected chi connectivity index (χ3v) is 5.08. The van der Waals surface area contributed by atoms with E-state index in [2.05, 4.69) is 15.9 Å². The molecule has 0 bridgehead atoms. The standard InChI is InChI=1S/C11H4BrClF5NS/c12-11-2(13)1-3(20-11)10(19)4-5(14)7(16)9(18)8(17)6(4)15/h1,10H,19H2. The van der Waals surface area contributed by atoms with Gasteiger partial charge in [-0.15, -0.1) is 11.3 Å². The van der Waals surface area contributed by atoms with Gasteiger partial charge < -0.3 is 5.73 Å². The number of benzene rings is 1. The van der Waals surface area contributed by atoms with Crippen LogP contribution < -0.4 is 5.73 Å². The second-order valence-electron chi connectivity index (χ2n) is 3.73. The van der Waals surface area contributed by atoms with Crippen LogP contribution in [-0.2, 0) is 0 Å². The van der Waals surface area contributed by atoms with E-state index < -0.39 is 40.7 Å². The van der Waals surface area contributed by atoms with Crippen molar-refractivity contribution < 1.29 is 22.0 Å². The zero-order chi connectivity index (χ0) is 15.2. The van der Waals surface area contributed by atoms with Crippen LogP contribution in [0, 0.1) is 29.1 Å². The molecule has 0 radical (unpaired) electrons. The Labute approximate surface area is 127 Å². The molecule has 1 aromatic carbocycles. The number of nitrogens with two attached hydrogens (primary N) is 1. The van der Waals surface area contributed by atoms with Crippen molar-refractivity contribution in [3.05, 3.63) is 54.4 Å². The summed E-state index contributed by atoms with van der Waals surface area (Å²) < 4.78 is 66.8. The second kappa shape index (κ2) is 5.59. The van der Waals surface area contributed by atoms with E-state index in [1.165, 1.54) is 6.07 Å². The molecule has 1 heterocycles.